The van der Waals surface area contributed by atoms with Crippen LogP contribution in [0.3, 0.4) is 0 Å². The number of rotatable bonds is 8. The minimum Gasteiger partial charge on any atom is -0.410 e. The highest BCUT2D eigenvalue weighted by Gasteiger charge is 2.43. The van der Waals surface area contributed by atoms with Gasteiger partial charge in [-0.25, -0.2) is 4.79 Å². The summed E-state index contributed by atoms with van der Waals surface area (Å²) in [6.07, 6.45) is -11.3. The Morgan fingerprint density at radius 3 is 1.63 bits per heavy atom. The van der Waals surface area contributed by atoms with Gasteiger partial charge in [-0.15, -0.1) is 26.3 Å². The lowest BCUT2D eigenvalue weighted by Gasteiger charge is -2.41. The summed E-state index contributed by atoms with van der Waals surface area (Å²) < 4.78 is 92.3. The van der Waals surface area contributed by atoms with Crippen molar-refractivity contribution < 1.29 is 50.3 Å². The summed E-state index contributed by atoms with van der Waals surface area (Å²) in [4.78, 5) is 25.3. The first kappa shape index (κ1) is 30.7. The van der Waals surface area contributed by atoms with Gasteiger partial charge in [0.25, 0.3) is 5.69 Å². The number of nitrogens with zero attached hydrogens (tertiary/aromatic N) is 2. The number of hydrogen-bond acceptors (Lipinski definition) is 6. The molecule has 0 atom stereocenters. The van der Waals surface area contributed by atoms with E-state index < -0.39 is 40.8 Å². The van der Waals surface area contributed by atoms with Crippen LogP contribution in [0, 0.1) is 10.1 Å². The molecule has 4 aromatic carbocycles. The Labute approximate surface area is 239 Å². The molecule has 0 radical (unpaired) electrons. The fourth-order valence-corrected chi connectivity index (χ4v) is 4.32. The maximum Gasteiger partial charge on any atom is 0.573 e. The standard InChI is InChI=1S/C29H20F6N2O6/c1-27(19-7-5-11-24(17-19)42-28(30,31)32,20-8-6-12-25(18-20)43-29(33,34)35)36(21-9-3-2-4-10-21)26(38)41-23-15-13-22(14-16-23)37(39)40/h2-18H,1H3. The van der Waals surface area contributed by atoms with Gasteiger partial charge in [-0.1, -0.05) is 42.5 Å². The number of para-hydroxylation sites is 1. The Hall–Kier alpha value is -5.27. The van der Waals surface area contributed by atoms with E-state index >= 15 is 0 Å². The largest absolute Gasteiger partial charge is 0.573 e. The SMILES string of the molecule is CC(c1cccc(OC(F)(F)F)c1)(c1cccc(OC(F)(F)F)c1)N(C(=O)Oc1ccc([N+](=O)[O-])cc1)c1ccccc1. The van der Waals surface area contributed by atoms with Crippen molar-refractivity contribution in [1.29, 1.82) is 0 Å². The average Bonchev–Trinajstić information content (AvgIpc) is 2.92. The molecular formula is C29H20F6N2O6. The van der Waals surface area contributed by atoms with Crippen molar-refractivity contribution >= 4 is 17.5 Å². The van der Waals surface area contributed by atoms with Crippen LogP contribution in [0.15, 0.2) is 103 Å². The van der Waals surface area contributed by atoms with E-state index in [-0.39, 0.29) is 28.3 Å². The lowest BCUT2D eigenvalue weighted by atomic mass is 9.82. The number of halogens is 6. The first-order valence-corrected chi connectivity index (χ1v) is 12.2. The zero-order valence-corrected chi connectivity index (χ0v) is 21.9. The number of benzene rings is 4. The number of ether oxygens (including phenoxy) is 3. The molecule has 224 valence electrons. The number of nitro groups is 1. The molecule has 0 aliphatic carbocycles. The van der Waals surface area contributed by atoms with Gasteiger partial charge in [0.2, 0.25) is 0 Å². The van der Waals surface area contributed by atoms with E-state index in [1.165, 1.54) is 43.3 Å². The maximum atomic E-state index is 13.9. The number of nitro benzene ring substituents is 1. The minimum absolute atomic E-state index is 0.0112. The van der Waals surface area contributed by atoms with Crippen LogP contribution in [0.1, 0.15) is 18.1 Å². The molecule has 0 heterocycles. The Morgan fingerprint density at radius 2 is 1.19 bits per heavy atom. The van der Waals surface area contributed by atoms with Crippen LogP contribution in [0.4, 0.5) is 42.5 Å². The van der Waals surface area contributed by atoms with Gasteiger partial charge in [0.15, 0.2) is 0 Å². The summed E-state index contributed by atoms with van der Waals surface area (Å²) >= 11 is 0. The van der Waals surface area contributed by atoms with Gasteiger partial charge in [-0.05, 0) is 66.6 Å². The molecule has 8 nitrogen and oxygen atoms in total. The van der Waals surface area contributed by atoms with Crippen LogP contribution in [-0.4, -0.2) is 23.7 Å². The summed E-state index contributed by atoms with van der Waals surface area (Å²) in [6.45, 7) is 1.39. The number of carbonyl (C=O) groups excluding carboxylic acids is 1. The Bertz CT molecular complexity index is 1530. The fraction of sp³-hybridized carbons (Fsp3) is 0.138. The summed E-state index contributed by atoms with van der Waals surface area (Å²) in [5.74, 6) is -1.44. The van der Waals surface area contributed by atoms with Crippen molar-refractivity contribution in [1.82, 2.24) is 0 Å². The number of carbonyl (C=O) groups is 1. The van der Waals surface area contributed by atoms with Gasteiger partial charge >= 0.3 is 18.8 Å². The van der Waals surface area contributed by atoms with Crippen LogP contribution >= 0.6 is 0 Å². The van der Waals surface area contributed by atoms with E-state index in [1.807, 2.05) is 0 Å². The molecule has 0 aromatic heterocycles. The number of non-ortho nitro benzene ring substituents is 1. The highest BCUT2D eigenvalue weighted by Crippen LogP contribution is 2.42. The maximum absolute atomic E-state index is 13.9. The molecule has 0 aliphatic rings. The minimum atomic E-state index is -5.07. The van der Waals surface area contributed by atoms with Crippen molar-refractivity contribution in [3.8, 4) is 17.2 Å². The van der Waals surface area contributed by atoms with Crippen LogP contribution in [0.5, 0.6) is 17.2 Å². The molecule has 0 bridgehead atoms. The first-order chi connectivity index (χ1) is 20.2. The molecule has 0 spiro atoms. The second kappa shape index (κ2) is 11.9. The second-order valence-electron chi connectivity index (χ2n) is 9.01. The molecule has 0 aliphatic heterocycles. The van der Waals surface area contributed by atoms with E-state index in [2.05, 4.69) is 9.47 Å². The van der Waals surface area contributed by atoms with Gasteiger partial charge in [0.1, 0.15) is 17.2 Å². The molecule has 1 amide bonds. The number of amides is 1. The molecule has 0 fully saturated rings. The third kappa shape index (κ3) is 7.52. The molecular weight excluding hydrogens is 586 g/mol. The van der Waals surface area contributed by atoms with Crippen LogP contribution in [-0.2, 0) is 5.54 Å². The van der Waals surface area contributed by atoms with Crippen LogP contribution in [0.2, 0.25) is 0 Å². The van der Waals surface area contributed by atoms with E-state index in [1.54, 1.807) is 18.2 Å². The lowest BCUT2D eigenvalue weighted by molar-refractivity contribution is -0.384. The molecule has 0 N–H and O–H groups in total. The molecule has 0 saturated carbocycles. The fourth-order valence-electron chi connectivity index (χ4n) is 4.32. The monoisotopic (exact) mass is 606 g/mol. The van der Waals surface area contributed by atoms with Crippen LogP contribution in [0.25, 0.3) is 0 Å². The quantitative estimate of drug-likeness (QED) is 0.114. The smallest absolute Gasteiger partial charge is 0.410 e. The van der Waals surface area contributed by atoms with E-state index in [4.69, 9.17) is 4.74 Å². The zero-order valence-electron chi connectivity index (χ0n) is 21.9. The Morgan fingerprint density at radius 1 is 0.698 bits per heavy atom. The van der Waals surface area contributed by atoms with Crippen molar-refractivity contribution in [2.24, 2.45) is 0 Å². The van der Waals surface area contributed by atoms with E-state index in [9.17, 15) is 41.3 Å². The Kier molecular flexibility index (Phi) is 8.50. The molecule has 0 saturated heterocycles. The number of hydrogen-bond donors (Lipinski definition) is 0. The third-order valence-corrected chi connectivity index (χ3v) is 6.16. The summed E-state index contributed by atoms with van der Waals surface area (Å²) in [6, 6.07) is 21.3. The van der Waals surface area contributed by atoms with Gasteiger partial charge in [0, 0.05) is 17.8 Å². The number of anilines is 1. The average molecular weight is 606 g/mol. The van der Waals surface area contributed by atoms with Crippen LogP contribution < -0.4 is 19.1 Å². The van der Waals surface area contributed by atoms with E-state index in [0.717, 1.165) is 53.4 Å². The van der Waals surface area contributed by atoms with Crippen molar-refractivity contribution in [3.63, 3.8) is 0 Å². The van der Waals surface area contributed by atoms with E-state index in [0.29, 0.717) is 0 Å². The zero-order chi connectivity index (χ0) is 31.4. The summed E-state index contributed by atoms with van der Waals surface area (Å²) in [5.41, 5.74) is -2.03. The number of alkyl halides is 6. The molecule has 0 unspecified atom stereocenters. The molecule has 4 rings (SSSR count). The van der Waals surface area contributed by atoms with Crippen molar-refractivity contribution in [3.05, 3.63) is 124 Å². The Balaban J connectivity index is 1.92. The molecule has 43 heavy (non-hydrogen) atoms. The topological polar surface area (TPSA) is 91.1 Å². The normalized spacial score (nSPS) is 11.9. The predicted octanol–water partition coefficient (Wildman–Crippen LogP) is 8.36. The molecule has 4 aromatic rings. The van der Waals surface area contributed by atoms with Gasteiger partial charge in [-0.3, -0.25) is 15.0 Å². The van der Waals surface area contributed by atoms with Crippen molar-refractivity contribution in [2.75, 3.05) is 4.90 Å². The van der Waals surface area contributed by atoms with Crippen molar-refractivity contribution in [2.45, 2.75) is 25.2 Å². The van der Waals surface area contributed by atoms with Gasteiger partial charge in [-0.2, -0.15) is 0 Å². The molecule has 14 heteroatoms. The third-order valence-electron chi connectivity index (χ3n) is 6.16. The lowest BCUT2D eigenvalue weighted by Crippen LogP contribution is -2.50. The highest BCUT2D eigenvalue weighted by molar-refractivity contribution is 5.92. The highest BCUT2D eigenvalue weighted by atomic mass is 19.4. The summed E-state index contributed by atoms with van der Waals surface area (Å²) in [7, 11) is 0. The first-order valence-electron chi connectivity index (χ1n) is 12.2. The summed E-state index contributed by atoms with van der Waals surface area (Å²) in [5, 5.41) is 11.0. The predicted molar refractivity (Wildman–Crippen MR) is 141 cm³/mol. The van der Waals surface area contributed by atoms with Gasteiger partial charge in [0.05, 0.1) is 10.5 Å². The second-order valence-corrected chi connectivity index (χ2v) is 9.01. The van der Waals surface area contributed by atoms with Gasteiger partial charge < -0.3 is 14.2 Å².